The van der Waals surface area contributed by atoms with E-state index in [1.165, 1.54) is 167 Å². The average molecular weight is 466 g/mol. The van der Waals surface area contributed by atoms with E-state index in [1.807, 2.05) is 0 Å². The summed E-state index contributed by atoms with van der Waals surface area (Å²) in [4.78, 5) is 2.89. The Morgan fingerprint density at radius 1 is 0.394 bits per heavy atom. The van der Waals surface area contributed by atoms with Crippen LogP contribution in [0.5, 0.6) is 0 Å². The Morgan fingerprint density at radius 2 is 0.697 bits per heavy atom. The zero-order chi connectivity index (χ0) is 24.5. The number of unbranched alkanes of at least 4 members (excludes halogenated alkanes) is 19. The van der Waals surface area contributed by atoms with Crippen molar-refractivity contribution in [3.05, 3.63) is 0 Å². The summed E-state index contributed by atoms with van der Waals surface area (Å²) in [6.07, 6.45) is 34.4. The molecule has 0 fully saturated rings. The van der Waals surface area contributed by atoms with Crippen molar-refractivity contribution >= 4 is 0 Å². The molecule has 0 aliphatic carbocycles. The van der Waals surface area contributed by atoms with Gasteiger partial charge in [0, 0.05) is 5.54 Å². The summed E-state index contributed by atoms with van der Waals surface area (Å²) in [7, 11) is 0. The molecule has 0 bridgehead atoms. The van der Waals surface area contributed by atoms with Crippen LogP contribution in [0.1, 0.15) is 189 Å². The lowest BCUT2D eigenvalue weighted by atomic mass is 9.85. The van der Waals surface area contributed by atoms with E-state index in [9.17, 15) is 0 Å². The molecule has 0 unspecified atom stereocenters. The Labute approximate surface area is 212 Å². The lowest BCUT2D eigenvalue weighted by Crippen LogP contribution is -2.46. The Bertz CT molecular complexity index is 346. The average Bonchev–Trinajstić information content (AvgIpc) is 2.82. The normalized spacial score (nSPS) is 12.2. The molecule has 0 radical (unpaired) electrons. The first-order valence-corrected chi connectivity index (χ1v) is 15.9. The molecule has 1 heteroatoms. The molecule has 0 saturated heterocycles. The van der Waals surface area contributed by atoms with E-state index in [0.29, 0.717) is 5.54 Å². The topological polar surface area (TPSA) is 3.24 Å². The van der Waals surface area contributed by atoms with Gasteiger partial charge in [-0.1, -0.05) is 163 Å². The molecule has 0 heterocycles. The quantitative estimate of drug-likeness (QED) is 0.109. The van der Waals surface area contributed by atoms with E-state index in [1.54, 1.807) is 0 Å². The van der Waals surface area contributed by atoms with Gasteiger partial charge in [0.1, 0.15) is 0 Å². The maximum Gasteiger partial charge on any atom is 0.0181 e. The molecule has 1 nitrogen and oxygen atoms in total. The molecule has 0 rings (SSSR count). The first kappa shape index (κ1) is 33.0. The Kier molecular flexibility index (Phi) is 25.0. The molecule has 0 aliphatic heterocycles. The molecule has 0 spiro atoms. The molecule has 200 valence electrons. The van der Waals surface area contributed by atoms with Crippen LogP contribution in [-0.2, 0) is 0 Å². The van der Waals surface area contributed by atoms with Gasteiger partial charge in [0.05, 0.1) is 0 Å². The SMILES string of the molecule is CCCCCCCCCCN(CC)C(C)(CCCCCCCCC)CCCCCCCCC. The third-order valence-electron chi connectivity index (χ3n) is 8.06. The number of nitrogens with zero attached hydrogens (tertiary/aromatic N) is 1. The Hall–Kier alpha value is -0.0400. The highest BCUT2D eigenvalue weighted by Gasteiger charge is 2.29. The largest absolute Gasteiger partial charge is 0.298 e. The molecule has 0 aromatic rings. The predicted molar refractivity (Wildman–Crippen MR) is 153 cm³/mol. The van der Waals surface area contributed by atoms with E-state index in [0.717, 1.165) is 0 Å². The van der Waals surface area contributed by atoms with Gasteiger partial charge in [-0.3, -0.25) is 4.90 Å². The van der Waals surface area contributed by atoms with E-state index in [-0.39, 0.29) is 0 Å². The highest BCUT2D eigenvalue weighted by Crippen LogP contribution is 2.30. The molecule has 0 aromatic carbocycles. The van der Waals surface area contributed by atoms with Crippen LogP contribution in [0.25, 0.3) is 0 Å². The summed E-state index contributed by atoms with van der Waals surface area (Å²) in [5.74, 6) is 0. The van der Waals surface area contributed by atoms with Crippen LogP contribution in [-0.4, -0.2) is 23.5 Å². The molecule has 0 amide bonds. The first-order valence-electron chi connectivity index (χ1n) is 15.9. The summed E-state index contributed by atoms with van der Waals surface area (Å²) in [5, 5.41) is 0. The Morgan fingerprint density at radius 3 is 1.03 bits per heavy atom. The fraction of sp³-hybridized carbons (Fsp3) is 1.00. The maximum absolute atomic E-state index is 2.89. The maximum atomic E-state index is 2.89. The highest BCUT2D eigenvalue weighted by atomic mass is 15.2. The fourth-order valence-electron chi connectivity index (χ4n) is 5.61. The van der Waals surface area contributed by atoms with Crippen molar-refractivity contribution in [1.29, 1.82) is 0 Å². The van der Waals surface area contributed by atoms with Gasteiger partial charge in [0.2, 0.25) is 0 Å². The molecule has 0 atom stereocenters. The van der Waals surface area contributed by atoms with Gasteiger partial charge in [0.15, 0.2) is 0 Å². The summed E-state index contributed by atoms with van der Waals surface area (Å²) >= 11 is 0. The molecular formula is C32H67N. The van der Waals surface area contributed by atoms with Gasteiger partial charge < -0.3 is 0 Å². The second-order valence-electron chi connectivity index (χ2n) is 11.3. The number of rotatable bonds is 27. The summed E-state index contributed by atoms with van der Waals surface area (Å²) in [6.45, 7) is 14.6. The van der Waals surface area contributed by atoms with Gasteiger partial charge in [0.25, 0.3) is 0 Å². The zero-order valence-corrected chi connectivity index (χ0v) is 24.3. The summed E-state index contributed by atoms with van der Waals surface area (Å²) < 4.78 is 0. The van der Waals surface area contributed by atoms with Crippen LogP contribution in [0.3, 0.4) is 0 Å². The number of hydrogen-bond acceptors (Lipinski definition) is 1. The minimum Gasteiger partial charge on any atom is -0.298 e. The lowest BCUT2D eigenvalue weighted by molar-refractivity contribution is 0.0832. The predicted octanol–water partition coefficient (Wildman–Crippen LogP) is 11.5. The highest BCUT2D eigenvalue weighted by molar-refractivity contribution is 4.86. The molecule has 0 saturated carbocycles. The zero-order valence-electron chi connectivity index (χ0n) is 24.3. The van der Waals surface area contributed by atoms with Gasteiger partial charge in [-0.05, 0) is 39.3 Å². The van der Waals surface area contributed by atoms with Gasteiger partial charge in [-0.15, -0.1) is 0 Å². The van der Waals surface area contributed by atoms with E-state index in [4.69, 9.17) is 0 Å². The second kappa shape index (κ2) is 25.1. The Balaban J connectivity index is 4.41. The summed E-state index contributed by atoms with van der Waals surface area (Å²) in [5.41, 5.74) is 0.433. The fourth-order valence-corrected chi connectivity index (χ4v) is 5.61. The summed E-state index contributed by atoms with van der Waals surface area (Å²) in [6, 6.07) is 0. The molecule has 33 heavy (non-hydrogen) atoms. The van der Waals surface area contributed by atoms with Crippen LogP contribution in [0.15, 0.2) is 0 Å². The minimum atomic E-state index is 0.433. The van der Waals surface area contributed by atoms with Crippen molar-refractivity contribution < 1.29 is 0 Å². The third kappa shape index (κ3) is 19.9. The lowest BCUT2D eigenvalue weighted by Gasteiger charge is -2.42. The molecular weight excluding hydrogens is 398 g/mol. The van der Waals surface area contributed by atoms with E-state index in [2.05, 4.69) is 39.5 Å². The van der Waals surface area contributed by atoms with E-state index >= 15 is 0 Å². The molecule has 0 aliphatic rings. The van der Waals surface area contributed by atoms with Crippen LogP contribution in [0.2, 0.25) is 0 Å². The van der Waals surface area contributed by atoms with Gasteiger partial charge >= 0.3 is 0 Å². The van der Waals surface area contributed by atoms with Crippen molar-refractivity contribution in [3.63, 3.8) is 0 Å². The van der Waals surface area contributed by atoms with E-state index < -0.39 is 0 Å². The van der Waals surface area contributed by atoms with Crippen LogP contribution in [0, 0.1) is 0 Å². The van der Waals surface area contributed by atoms with Crippen LogP contribution in [0.4, 0.5) is 0 Å². The van der Waals surface area contributed by atoms with Crippen molar-refractivity contribution in [2.75, 3.05) is 13.1 Å². The molecule has 0 N–H and O–H groups in total. The first-order chi connectivity index (χ1) is 16.1. The second-order valence-corrected chi connectivity index (χ2v) is 11.3. The monoisotopic (exact) mass is 466 g/mol. The van der Waals surface area contributed by atoms with Crippen molar-refractivity contribution in [1.82, 2.24) is 4.90 Å². The van der Waals surface area contributed by atoms with Crippen molar-refractivity contribution in [2.45, 2.75) is 194 Å². The van der Waals surface area contributed by atoms with Crippen LogP contribution < -0.4 is 0 Å². The third-order valence-corrected chi connectivity index (χ3v) is 8.06. The number of hydrogen-bond donors (Lipinski definition) is 0. The van der Waals surface area contributed by atoms with Crippen molar-refractivity contribution in [3.8, 4) is 0 Å². The minimum absolute atomic E-state index is 0.433. The molecule has 0 aromatic heterocycles. The van der Waals surface area contributed by atoms with Crippen molar-refractivity contribution in [2.24, 2.45) is 0 Å². The van der Waals surface area contributed by atoms with Crippen LogP contribution >= 0.6 is 0 Å². The van der Waals surface area contributed by atoms with Gasteiger partial charge in [-0.2, -0.15) is 0 Å². The smallest absolute Gasteiger partial charge is 0.0181 e. The standard InChI is InChI=1S/C32H67N/c1-6-10-13-16-19-22-25-28-31-33(9-4)32(5,29-26-23-20-17-14-11-7-2)30-27-24-21-18-15-12-8-3/h6-31H2,1-5H3. The van der Waals surface area contributed by atoms with Gasteiger partial charge in [-0.25, -0.2) is 0 Å².